The number of ether oxygens (including phenoxy) is 1. The molecule has 0 unspecified atom stereocenters. The van der Waals surface area contributed by atoms with Gasteiger partial charge >= 0.3 is 0 Å². The van der Waals surface area contributed by atoms with Crippen LogP contribution in [0.4, 0.5) is 0 Å². The summed E-state index contributed by atoms with van der Waals surface area (Å²) in [5.74, 6) is 1.21. The molecule has 1 spiro atoms. The van der Waals surface area contributed by atoms with Crippen molar-refractivity contribution in [2.45, 2.75) is 102 Å². The fourth-order valence-corrected chi connectivity index (χ4v) is 7.12. The van der Waals surface area contributed by atoms with Crippen LogP contribution in [0.5, 0.6) is 11.5 Å². The zero-order valence-electron chi connectivity index (χ0n) is 26.5. The number of piperazine rings is 1. The molecule has 2 saturated heterocycles. The number of likely N-dealkylation sites (tertiary alicyclic amines) is 1. The molecule has 1 aliphatic carbocycles. The van der Waals surface area contributed by atoms with Crippen LogP contribution in [0.3, 0.4) is 0 Å². The lowest BCUT2D eigenvalue weighted by Gasteiger charge is -2.52. The van der Waals surface area contributed by atoms with E-state index in [2.05, 4.69) is 34.6 Å². The Morgan fingerprint density at radius 2 is 1.75 bits per heavy atom. The number of carbonyl (C=O) groups excluding carboxylic acids is 3. The number of hydrogen-bond acceptors (Lipinski definition) is 6. The number of benzene rings is 2. The van der Waals surface area contributed by atoms with E-state index in [0.29, 0.717) is 63.1 Å². The highest BCUT2D eigenvalue weighted by molar-refractivity contribution is 6.00. The van der Waals surface area contributed by atoms with Crippen molar-refractivity contribution in [2.24, 2.45) is 0 Å². The second kappa shape index (κ2) is 13.7. The van der Waals surface area contributed by atoms with E-state index in [9.17, 15) is 19.5 Å². The van der Waals surface area contributed by atoms with Gasteiger partial charge in [0.25, 0.3) is 5.91 Å². The zero-order valence-corrected chi connectivity index (χ0v) is 26.5. The number of piperidine rings is 1. The van der Waals surface area contributed by atoms with Crippen molar-refractivity contribution in [3.8, 4) is 11.5 Å². The third-order valence-corrected chi connectivity index (χ3v) is 9.82. The Hall–Kier alpha value is -3.43. The van der Waals surface area contributed by atoms with Crippen molar-refractivity contribution < 1.29 is 24.2 Å². The SMILES string of the molecule is CCCCN1C(=O)[C@@H](CC2(O)CCCCC2)NC(=O)C12CCN(Cc1ccc(Oc3ccc(C(=O)NC)cc3C)cc1)CC2. The summed E-state index contributed by atoms with van der Waals surface area (Å²) in [5.41, 5.74) is 0.932. The maximum atomic E-state index is 13.8. The summed E-state index contributed by atoms with van der Waals surface area (Å²) in [6.45, 7) is 6.78. The monoisotopic (exact) mass is 604 g/mol. The molecule has 0 bridgehead atoms. The van der Waals surface area contributed by atoms with Crippen LogP contribution in [-0.2, 0) is 16.1 Å². The van der Waals surface area contributed by atoms with E-state index in [1.165, 1.54) is 0 Å². The maximum Gasteiger partial charge on any atom is 0.251 e. The molecule has 3 aliphatic rings. The average Bonchev–Trinajstić information content (AvgIpc) is 3.02. The Morgan fingerprint density at radius 3 is 2.39 bits per heavy atom. The van der Waals surface area contributed by atoms with Gasteiger partial charge in [-0.15, -0.1) is 0 Å². The quantitative estimate of drug-likeness (QED) is 0.363. The molecule has 9 nitrogen and oxygen atoms in total. The smallest absolute Gasteiger partial charge is 0.251 e. The van der Waals surface area contributed by atoms with Gasteiger partial charge in [0.2, 0.25) is 11.8 Å². The molecule has 1 atom stereocenters. The highest BCUT2D eigenvalue weighted by Crippen LogP contribution is 2.38. The molecule has 3 fully saturated rings. The van der Waals surface area contributed by atoms with Crippen molar-refractivity contribution in [3.05, 3.63) is 59.2 Å². The molecule has 1 saturated carbocycles. The van der Waals surface area contributed by atoms with E-state index in [4.69, 9.17) is 4.74 Å². The summed E-state index contributed by atoms with van der Waals surface area (Å²) in [6.07, 6.45) is 7.74. The highest BCUT2D eigenvalue weighted by Gasteiger charge is 2.54. The standard InChI is InChI=1S/C35H48N4O5/c1-4-5-19-39-32(41)29(23-34(43)15-7-6-8-16-34)37-33(42)35(39)17-20-38(21-18-35)24-26-9-12-28(13-10-26)44-30-14-11-27(22-25(30)2)31(40)36-3/h9-14,22,29,43H,4-8,15-21,23-24H2,1-3H3,(H,36,40)(H,37,42)/t29-/m1/s1. The van der Waals surface area contributed by atoms with E-state index in [0.717, 1.165) is 55.5 Å². The highest BCUT2D eigenvalue weighted by atomic mass is 16.5. The predicted octanol–water partition coefficient (Wildman–Crippen LogP) is 4.69. The first kappa shape index (κ1) is 32.0. The number of hydrogen-bond donors (Lipinski definition) is 3. The Labute approximate surface area is 261 Å². The van der Waals surface area contributed by atoms with Gasteiger partial charge in [-0.3, -0.25) is 19.3 Å². The fourth-order valence-electron chi connectivity index (χ4n) is 7.12. The van der Waals surface area contributed by atoms with Crippen LogP contribution in [0.25, 0.3) is 0 Å². The number of rotatable bonds is 10. The second-order valence-electron chi connectivity index (χ2n) is 13.0. The van der Waals surface area contributed by atoms with E-state index in [1.54, 1.807) is 13.1 Å². The van der Waals surface area contributed by atoms with Gasteiger partial charge in [-0.1, -0.05) is 44.7 Å². The molecule has 2 aromatic carbocycles. The molecule has 0 radical (unpaired) electrons. The lowest BCUT2D eigenvalue weighted by atomic mass is 9.77. The van der Waals surface area contributed by atoms with Crippen LogP contribution in [0.1, 0.15) is 92.6 Å². The van der Waals surface area contributed by atoms with Gasteiger partial charge < -0.3 is 25.4 Å². The van der Waals surface area contributed by atoms with Gasteiger partial charge in [-0.2, -0.15) is 0 Å². The van der Waals surface area contributed by atoms with Gasteiger partial charge in [0.15, 0.2) is 0 Å². The summed E-state index contributed by atoms with van der Waals surface area (Å²) in [4.78, 5) is 43.7. The molecule has 2 aromatic rings. The van der Waals surface area contributed by atoms with Gasteiger partial charge in [0, 0.05) is 45.2 Å². The minimum atomic E-state index is -0.868. The van der Waals surface area contributed by atoms with Gasteiger partial charge in [-0.25, -0.2) is 0 Å². The van der Waals surface area contributed by atoms with E-state index in [-0.39, 0.29) is 17.7 Å². The minimum absolute atomic E-state index is 0.0282. The first-order valence-corrected chi connectivity index (χ1v) is 16.3. The Morgan fingerprint density at radius 1 is 1.05 bits per heavy atom. The lowest BCUT2D eigenvalue weighted by Crippen LogP contribution is -2.73. The number of carbonyl (C=O) groups is 3. The van der Waals surface area contributed by atoms with Crippen LogP contribution in [0.15, 0.2) is 42.5 Å². The molecule has 3 N–H and O–H groups in total. The lowest BCUT2D eigenvalue weighted by molar-refractivity contribution is -0.163. The summed E-state index contributed by atoms with van der Waals surface area (Å²) in [6, 6.07) is 12.7. The van der Waals surface area contributed by atoms with Gasteiger partial charge in [0.05, 0.1) is 5.60 Å². The van der Waals surface area contributed by atoms with Crippen LogP contribution in [0, 0.1) is 6.92 Å². The molecular formula is C35H48N4O5. The topological polar surface area (TPSA) is 111 Å². The van der Waals surface area contributed by atoms with Crippen molar-refractivity contribution in [1.82, 2.24) is 20.4 Å². The van der Waals surface area contributed by atoms with Gasteiger partial charge in [-0.05, 0) is 80.5 Å². The van der Waals surface area contributed by atoms with Crippen LogP contribution in [-0.4, -0.2) is 76.5 Å². The van der Waals surface area contributed by atoms with Crippen LogP contribution < -0.4 is 15.4 Å². The number of nitrogens with one attached hydrogen (secondary N) is 2. The number of unbranched alkanes of at least 4 members (excludes halogenated alkanes) is 1. The summed E-state index contributed by atoms with van der Waals surface area (Å²) >= 11 is 0. The number of amides is 3. The second-order valence-corrected chi connectivity index (χ2v) is 13.0. The molecular weight excluding hydrogens is 556 g/mol. The first-order chi connectivity index (χ1) is 21.2. The van der Waals surface area contributed by atoms with E-state index >= 15 is 0 Å². The molecule has 5 rings (SSSR count). The number of aliphatic hydroxyl groups is 1. The normalized spacial score (nSPS) is 21.6. The van der Waals surface area contributed by atoms with Crippen LogP contribution >= 0.6 is 0 Å². The summed E-state index contributed by atoms with van der Waals surface area (Å²) in [5, 5.41) is 16.9. The van der Waals surface area contributed by atoms with Crippen molar-refractivity contribution in [3.63, 3.8) is 0 Å². The summed E-state index contributed by atoms with van der Waals surface area (Å²) in [7, 11) is 1.61. The third-order valence-electron chi connectivity index (χ3n) is 9.82. The summed E-state index contributed by atoms with van der Waals surface area (Å²) < 4.78 is 6.08. The Bertz CT molecular complexity index is 1330. The van der Waals surface area contributed by atoms with Crippen LogP contribution in [0.2, 0.25) is 0 Å². The average molecular weight is 605 g/mol. The minimum Gasteiger partial charge on any atom is -0.457 e. The molecule has 2 aliphatic heterocycles. The molecule has 9 heteroatoms. The molecule has 3 amide bonds. The number of nitrogens with zero attached hydrogens (tertiary/aromatic N) is 2. The van der Waals surface area contributed by atoms with E-state index in [1.807, 2.05) is 36.1 Å². The van der Waals surface area contributed by atoms with Crippen molar-refractivity contribution >= 4 is 17.7 Å². The Balaban J connectivity index is 1.20. The zero-order chi connectivity index (χ0) is 31.3. The molecule has 44 heavy (non-hydrogen) atoms. The first-order valence-electron chi connectivity index (χ1n) is 16.3. The largest absolute Gasteiger partial charge is 0.457 e. The molecule has 238 valence electrons. The molecule has 0 aromatic heterocycles. The third kappa shape index (κ3) is 6.94. The van der Waals surface area contributed by atoms with Crippen molar-refractivity contribution in [1.29, 1.82) is 0 Å². The predicted molar refractivity (Wildman–Crippen MR) is 170 cm³/mol. The number of aryl methyl sites for hydroxylation is 1. The van der Waals surface area contributed by atoms with Crippen molar-refractivity contribution in [2.75, 3.05) is 26.7 Å². The Kier molecular flexibility index (Phi) is 9.95. The fraction of sp³-hybridized carbons (Fsp3) is 0.571. The maximum absolute atomic E-state index is 13.8. The van der Waals surface area contributed by atoms with Gasteiger partial charge in [0.1, 0.15) is 23.1 Å². The molecule has 2 heterocycles. The van der Waals surface area contributed by atoms with E-state index < -0.39 is 17.2 Å².